The number of amides is 1. The maximum atomic E-state index is 12.4. The number of aromatic nitrogens is 2. The van der Waals surface area contributed by atoms with Crippen LogP contribution in [0.2, 0.25) is 0 Å². The summed E-state index contributed by atoms with van der Waals surface area (Å²) >= 11 is 0. The number of carbonyl (C=O) groups is 1. The van der Waals surface area contributed by atoms with E-state index >= 15 is 0 Å². The molecule has 0 bridgehead atoms. The highest BCUT2D eigenvalue weighted by Gasteiger charge is 2.37. The SMILES string of the molecule is CC1(C)OCc2c(C(=O)NS(=O)(=O)Cc3ccc4c(c3)COC4)n[nH]c21. The Morgan fingerprint density at radius 2 is 2.04 bits per heavy atom. The Morgan fingerprint density at radius 3 is 2.85 bits per heavy atom. The highest BCUT2D eigenvalue weighted by molar-refractivity contribution is 7.89. The Hall–Kier alpha value is -2.23. The number of fused-ring (bicyclic) bond motifs is 2. The Morgan fingerprint density at radius 1 is 1.27 bits per heavy atom. The van der Waals surface area contributed by atoms with E-state index < -0.39 is 21.5 Å². The monoisotopic (exact) mass is 377 g/mol. The molecule has 138 valence electrons. The van der Waals surface area contributed by atoms with E-state index in [2.05, 4.69) is 14.9 Å². The van der Waals surface area contributed by atoms with Gasteiger partial charge in [-0.2, -0.15) is 5.10 Å². The Bertz CT molecular complexity index is 994. The van der Waals surface area contributed by atoms with Crippen molar-refractivity contribution in [3.8, 4) is 0 Å². The Balaban J connectivity index is 1.51. The molecule has 0 saturated heterocycles. The van der Waals surface area contributed by atoms with E-state index in [4.69, 9.17) is 9.47 Å². The van der Waals surface area contributed by atoms with Crippen LogP contribution >= 0.6 is 0 Å². The summed E-state index contributed by atoms with van der Waals surface area (Å²) in [6, 6.07) is 5.39. The number of nitrogens with zero attached hydrogens (tertiary/aromatic N) is 1. The molecule has 1 aromatic heterocycles. The number of ether oxygens (including phenoxy) is 2. The molecule has 0 aliphatic carbocycles. The second-order valence-corrected chi connectivity index (χ2v) is 8.73. The lowest BCUT2D eigenvalue weighted by Crippen LogP contribution is -2.32. The molecular formula is C17H19N3O5S. The smallest absolute Gasteiger partial charge is 0.285 e. The third kappa shape index (κ3) is 3.02. The predicted molar refractivity (Wildman–Crippen MR) is 91.4 cm³/mol. The number of benzene rings is 1. The third-order valence-electron chi connectivity index (χ3n) is 4.65. The van der Waals surface area contributed by atoms with Gasteiger partial charge >= 0.3 is 0 Å². The fourth-order valence-electron chi connectivity index (χ4n) is 3.28. The zero-order chi connectivity index (χ0) is 18.5. The molecule has 3 heterocycles. The van der Waals surface area contributed by atoms with Gasteiger partial charge in [-0.25, -0.2) is 13.1 Å². The van der Waals surface area contributed by atoms with E-state index in [-0.39, 0.29) is 18.1 Å². The predicted octanol–water partition coefficient (Wildman–Crippen LogP) is 1.47. The molecule has 2 aliphatic heterocycles. The molecule has 0 unspecified atom stereocenters. The van der Waals surface area contributed by atoms with Crippen molar-refractivity contribution in [3.05, 3.63) is 51.8 Å². The summed E-state index contributed by atoms with van der Waals surface area (Å²) in [5.41, 5.74) is 3.41. The Kier molecular flexibility index (Phi) is 3.90. The summed E-state index contributed by atoms with van der Waals surface area (Å²) in [7, 11) is -3.86. The number of H-pyrrole nitrogens is 1. The number of sulfonamides is 1. The average molecular weight is 377 g/mol. The number of hydrogen-bond acceptors (Lipinski definition) is 6. The van der Waals surface area contributed by atoms with E-state index in [1.165, 1.54) is 0 Å². The van der Waals surface area contributed by atoms with Gasteiger partial charge in [-0.1, -0.05) is 18.2 Å². The first kappa shape index (κ1) is 17.2. The average Bonchev–Trinajstić information content (AvgIpc) is 3.23. The van der Waals surface area contributed by atoms with E-state index in [1.807, 2.05) is 19.9 Å². The van der Waals surface area contributed by atoms with Gasteiger partial charge in [0.25, 0.3) is 5.91 Å². The molecule has 4 rings (SSSR count). The number of hydrogen-bond donors (Lipinski definition) is 2. The molecule has 2 aromatic rings. The van der Waals surface area contributed by atoms with Crippen LogP contribution in [0.3, 0.4) is 0 Å². The van der Waals surface area contributed by atoms with Gasteiger partial charge in [0, 0.05) is 5.56 Å². The molecule has 0 atom stereocenters. The van der Waals surface area contributed by atoms with E-state index in [1.54, 1.807) is 12.1 Å². The fourth-order valence-corrected chi connectivity index (χ4v) is 4.35. The minimum absolute atomic E-state index is 0.0523. The minimum Gasteiger partial charge on any atom is -0.372 e. The Labute approximate surface area is 150 Å². The maximum absolute atomic E-state index is 12.4. The number of nitrogens with one attached hydrogen (secondary N) is 2. The van der Waals surface area contributed by atoms with Crippen LogP contribution in [0.1, 0.15) is 52.3 Å². The topological polar surface area (TPSA) is 110 Å². The van der Waals surface area contributed by atoms with Crippen molar-refractivity contribution in [2.45, 2.75) is 45.0 Å². The van der Waals surface area contributed by atoms with Crippen LogP contribution < -0.4 is 4.72 Å². The lowest BCUT2D eigenvalue weighted by atomic mass is 10.0. The van der Waals surface area contributed by atoms with Gasteiger partial charge in [0.2, 0.25) is 10.0 Å². The van der Waals surface area contributed by atoms with E-state index in [0.29, 0.717) is 30.0 Å². The first-order valence-corrected chi connectivity index (χ1v) is 9.85. The second kappa shape index (κ2) is 5.90. The quantitative estimate of drug-likeness (QED) is 0.835. The van der Waals surface area contributed by atoms with Gasteiger partial charge in [0.15, 0.2) is 5.69 Å². The summed E-state index contributed by atoms with van der Waals surface area (Å²) in [5.74, 6) is -1.05. The van der Waals surface area contributed by atoms with Gasteiger partial charge in [-0.3, -0.25) is 9.89 Å². The summed E-state index contributed by atoms with van der Waals surface area (Å²) in [6.07, 6.45) is 0. The molecule has 0 fully saturated rings. The molecule has 8 nitrogen and oxygen atoms in total. The van der Waals surface area contributed by atoms with Crippen molar-refractivity contribution < 1.29 is 22.7 Å². The van der Waals surface area contributed by atoms with Crippen LogP contribution in [0.25, 0.3) is 0 Å². The van der Waals surface area contributed by atoms with Crippen LogP contribution in [0.5, 0.6) is 0 Å². The van der Waals surface area contributed by atoms with Gasteiger partial charge in [-0.05, 0) is 30.5 Å². The molecule has 1 amide bonds. The standard InChI is InChI=1S/C17H19N3O5S/c1-17(2)15-13(8-25-17)14(18-19-15)16(21)20-26(22,23)9-10-3-4-11-6-24-7-12(11)5-10/h3-5H,6-9H2,1-2H3,(H,18,19)(H,20,21). The molecule has 2 aliphatic rings. The molecule has 0 saturated carbocycles. The normalized spacial score (nSPS) is 17.8. The van der Waals surface area contributed by atoms with Gasteiger partial charge in [0.05, 0.1) is 31.3 Å². The summed E-state index contributed by atoms with van der Waals surface area (Å²) in [5, 5.41) is 6.75. The summed E-state index contributed by atoms with van der Waals surface area (Å²) in [4.78, 5) is 12.4. The van der Waals surface area contributed by atoms with Crippen molar-refractivity contribution in [2.24, 2.45) is 0 Å². The van der Waals surface area contributed by atoms with Crippen LogP contribution in [0, 0.1) is 0 Å². The number of carbonyl (C=O) groups excluding carboxylic acids is 1. The second-order valence-electron chi connectivity index (χ2n) is 7.01. The van der Waals surface area contributed by atoms with Gasteiger partial charge in [-0.15, -0.1) is 0 Å². The molecule has 0 spiro atoms. The lowest BCUT2D eigenvalue weighted by Gasteiger charge is -2.15. The number of rotatable bonds is 4. The summed E-state index contributed by atoms with van der Waals surface area (Å²) < 4.78 is 37.8. The molecule has 9 heteroatoms. The lowest BCUT2D eigenvalue weighted by molar-refractivity contribution is -0.0114. The first-order chi connectivity index (χ1) is 12.3. The highest BCUT2D eigenvalue weighted by atomic mass is 32.2. The maximum Gasteiger partial charge on any atom is 0.285 e. The van der Waals surface area contributed by atoms with E-state index in [9.17, 15) is 13.2 Å². The third-order valence-corrected chi connectivity index (χ3v) is 5.86. The van der Waals surface area contributed by atoms with Crippen molar-refractivity contribution in [1.29, 1.82) is 0 Å². The molecule has 0 radical (unpaired) electrons. The fraction of sp³-hybridized carbons (Fsp3) is 0.412. The van der Waals surface area contributed by atoms with Gasteiger partial charge < -0.3 is 9.47 Å². The highest BCUT2D eigenvalue weighted by Crippen LogP contribution is 2.35. The zero-order valence-corrected chi connectivity index (χ0v) is 15.3. The van der Waals surface area contributed by atoms with Crippen LogP contribution in [0.15, 0.2) is 18.2 Å². The first-order valence-electron chi connectivity index (χ1n) is 8.20. The zero-order valence-electron chi connectivity index (χ0n) is 14.5. The van der Waals surface area contributed by atoms with E-state index in [0.717, 1.165) is 11.1 Å². The molecule has 1 aromatic carbocycles. The van der Waals surface area contributed by atoms with Crippen LogP contribution in [-0.4, -0.2) is 24.5 Å². The molecule has 26 heavy (non-hydrogen) atoms. The molecular weight excluding hydrogens is 358 g/mol. The largest absolute Gasteiger partial charge is 0.372 e. The van der Waals surface area contributed by atoms with Crippen LogP contribution in [-0.2, 0) is 50.7 Å². The van der Waals surface area contributed by atoms with Gasteiger partial charge in [0.1, 0.15) is 5.60 Å². The van der Waals surface area contributed by atoms with Crippen molar-refractivity contribution >= 4 is 15.9 Å². The van der Waals surface area contributed by atoms with Crippen molar-refractivity contribution in [3.63, 3.8) is 0 Å². The van der Waals surface area contributed by atoms with Crippen molar-refractivity contribution in [1.82, 2.24) is 14.9 Å². The molecule has 2 N–H and O–H groups in total. The summed E-state index contributed by atoms with van der Waals surface area (Å²) in [6.45, 7) is 4.94. The van der Waals surface area contributed by atoms with Crippen LogP contribution in [0.4, 0.5) is 0 Å². The minimum atomic E-state index is -3.86. The van der Waals surface area contributed by atoms with Crippen molar-refractivity contribution in [2.75, 3.05) is 0 Å². The number of aromatic amines is 1.